The van der Waals surface area contributed by atoms with Gasteiger partial charge in [-0.15, -0.1) is 11.3 Å². The number of nitrogens with one attached hydrogen (secondary N) is 2. The first-order valence-corrected chi connectivity index (χ1v) is 7.68. The number of hydrogen-bond donors (Lipinski definition) is 2. The number of aryl methyl sites for hydroxylation is 2. The summed E-state index contributed by atoms with van der Waals surface area (Å²) in [4.78, 5) is 35.7. The molecule has 0 saturated heterocycles. The lowest BCUT2D eigenvalue weighted by Gasteiger charge is -2.06. The first-order chi connectivity index (χ1) is 10.9. The lowest BCUT2D eigenvalue weighted by molar-refractivity contribution is -0.384. The van der Waals surface area contributed by atoms with Crippen LogP contribution in [0.5, 0.6) is 0 Å². The van der Waals surface area contributed by atoms with Crippen molar-refractivity contribution in [2.24, 2.45) is 0 Å². The number of rotatable bonds is 4. The molecule has 1 aromatic carbocycles. The molecule has 0 spiro atoms. The number of hydrazine groups is 1. The highest BCUT2D eigenvalue weighted by molar-refractivity contribution is 7.14. The summed E-state index contributed by atoms with van der Waals surface area (Å²) in [7, 11) is 0. The van der Waals surface area contributed by atoms with E-state index in [0.29, 0.717) is 4.88 Å². The Balaban J connectivity index is 2.02. The van der Waals surface area contributed by atoms with E-state index in [0.717, 1.165) is 22.9 Å². The molecule has 120 valence electrons. The molecule has 0 radical (unpaired) electrons. The molecule has 2 N–H and O–H groups in total. The van der Waals surface area contributed by atoms with Crippen molar-refractivity contribution in [1.82, 2.24) is 10.9 Å². The smallest absolute Gasteiger partial charge is 0.267 e. The van der Waals surface area contributed by atoms with Gasteiger partial charge in [-0.05, 0) is 31.0 Å². The number of non-ortho nitro benzene ring substituents is 1. The molecule has 0 aliphatic carbocycles. The maximum atomic E-state index is 12.0. The molecule has 0 aliphatic heterocycles. The second-order valence-electron chi connectivity index (χ2n) is 4.79. The predicted octanol–water partition coefficient (Wildman–Crippen LogP) is 2.60. The Morgan fingerprint density at radius 1 is 1.22 bits per heavy atom. The minimum atomic E-state index is -0.619. The summed E-state index contributed by atoms with van der Waals surface area (Å²) in [6.07, 6.45) is 0.837. The Morgan fingerprint density at radius 2 is 1.91 bits per heavy atom. The number of hydrogen-bond acceptors (Lipinski definition) is 5. The van der Waals surface area contributed by atoms with Gasteiger partial charge in [0.2, 0.25) is 0 Å². The van der Waals surface area contributed by atoms with Gasteiger partial charge in [-0.3, -0.25) is 30.6 Å². The molecule has 0 fully saturated rings. The van der Waals surface area contributed by atoms with Crippen molar-refractivity contribution in [3.05, 3.63) is 61.3 Å². The summed E-state index contributed by atoms with van der Waals surface area (Å²) in [5, 5.41) is 10.7. The van der Waals surface area contributed by atoms with Crippen molar-refractivity contribution in [3.63, 3.8) is 0 Å². The number of nitro groups is 1. The minimum absolute atomic E-state index is 0.0936. The Kier molecular flexibility index (Phi) is 5.07. The van der Waals surface area contributed by atoms with Gasteiger partial charge < -0.3 is 0 Å². The van der Waals surface area contributed by atoms with Gasteiger partial charge in [-0.1, -0.05) is 13.0 Å². The molecule has 7 nitrogen and oxygen atoms in total. The van der Waals surface area contributed by atoms with E-state index >= 15 is 0 Å². The SMILES string of the molecule is CCc1sc(C(=O)NNC(=O)c2cccc([N+](=O)[O-])c2)cc1C. The molecular formula is C15H15N3O4S. The fraction of sp³-hybridized carbons (Fsp3) is 0.200. The average Bonchev–Trinajstić information content (AvgIpc) is 2.93. The lowest BCUT2D eigenvalue weighted by atomic mass is 10.2. The fourth-order valence-electron chi connectivity index (χ4n) is 1.99. The van der Waals surface area contributed by atoms with Gasteiger partial charge in [-0.2, -0.15) is 0 Å². The maximum Gasteiger partial charge on any atom is 0.279 e. The van der Waals surface area contributed by atoms with E-state index in [1.807, 2.05) is 13.8 Å². The molecule has 2 amide bonds. The summed E-state index contributed by atoms with van der Waals surface area (Å²) in [5.74, 6) is -1.04. The van der Waals surface area contributed by atoms with Crippen LogP contribution in [-0.4, -0.2) is 16.7 Å². The molecule has 8 heteroatoms. The van der Waals surface area contributed by atoms with Gasteiger partial charge in [-0.25, -0.2) is 0 Å². The first kappa shape index (κ1) is 16.6. The largest absolute Gasteiger partial charge is 0.279 e. The summed E-state index contributed by atoms with van der Waals surface area (Å²) >= 11 is 1.37. The van der Waals surface area contributed by atoms with Crippen LogP contribution in [0.4, 0.5) is 5.69 Å². The number of carbonyl (C=O) groups excluding carboxylic acids is 2. The topological polar surface area (TPSA) is 101 Å². The van der Waals surface area contributed by atoms with E-state index in [-0.39, 0.29) is 11.3 Å². The van der Waals surface area contributed by atoms with Crippen LogP contribution < -0.4 is 10.9 Å². The monoisotopic (exact) mass is 333 g/mol. The fourth-order valence-corrected chi connectivity index (χ4v) is 3.00. The zero-order valence-electron chi connectivity index (χ0n) is 12.6. The van der Waals surface area contributed by atoms with Gasteiger partial charge in [0.05, 0.1) is 9.80 Å². The third-order valence-electron chi connectivity index (χ3n) is 3.17. The first-order valence-electron chi connectivity index (χ1n) is 6.86. The second kappa shape index (κ2) is 7.01. The van der Waals surface area contributed by atoms with Crippen molar-refractivity contribution in [3.8, 4) is 0 Å². The molecule has 1 aromatic heterocycles. The van der Waals surface area contributed by atoms with Crippen LogP contribution in [0.3, 0.4) is 0 Å². The number of benzene rings is 1. The number of nitro benzene ring substituents is 1. The zero-order valence-corrected chi connectivity index (χ0v) is 13.4. The lowest BCUT2D eigenvalue weighted by Crippen LogP contribution is -2.41. The Bertz CT molecular complexity index is 770. The average molecular weight is 333 g/mol. The number of amides is 2. The number of carbonyl (C=O) groups is 2. The van der Waals surface area contributed by atoms with Crippen LogP contribution in [0.2, 0.25) is 0 Å². The highest BCUT2D eigenvalue weighted by Gasteiger charge is 2.14. The number of nitrogens with zero attached hydrogens (tertiary/aromatic N) is 1. The Hall–Kier alpha value is -2.74. The molecular weight excluding hydrogens is 318 g/mol. The summed E-state index contributed by atoms with van der Waals surface area (Å²) in [6, 6.07) is 7.03. The summed E-state index contributed by atoms with van der Waals surface area (Å²) < 4.78 is 0. The van der Waals surface area contributed by atoms with Gasteiger partial charge >= 0.3 is 0 Å². The summed E-state index contributed by atoms with van der Waals surface area (Å²) in [6.45, 7) is 3.93. The molecule has 2 aromatic rings. The van der Waals surface area contributed by atoms with E-state index in [1.165, 1.54) is 29.5 Å². The van der Waals surface area contributed by atoms with Crippen LogP contribution in [-0.2, 0) is 6.42 Å². The molecule has 0 unspecified atom stereocenters. The van der Waals surface area contributed by atoms with E-state index in [9.17, 15) is 19.7 Å². The molecule has 0 atom stereocenters. The van der Waals surface area contributed by atoms with Crippen LogP contribution >= 0.6 is 11.3 Å². The van der Waals surface area contributed by atoms with E-state index in [4.69, 9.17) is 0 Å². The molecule has 1 heterocycles. The molecule has 0 bridgehead atoms. The normalized spacial score (nSPS) is 10.2. The third kappa shape index (κ3) is 3.92. The van der Waals surface area contributed by atoms with Crippen molar-refractivity contribution in [1.29, 1.82) is 0 Å². The van der Waals surface area contributed by atoms with Gasteiger partial charge in [0.15, 0.2) is 0 Å². The van der Waals surface area contributed by atoms with Crippen LogP contribution in [0, 0.1) is 17.0 Å². The minimum Gasteiger partial charge on any atom is -0.267 e. The quantitative estimate of drug-likeness (QED) is 0.663. The number of thiophene rings is 1. The van der Waals surface area contributed by atoms with Crippen molar-refractivity contribution >= 4 is 28.8 Å². The van der Waals surface area contributed by atoms with Gasteiger partial charge in [0.1, 0.15) is 0 Å². The highest BCUT2D eigenvalue weighted by Crippen LogP contribution is 2.22. The van der Waals surface area contributed by atoms with Crippen molar-refractivity contribution in [2.45, 2.75) is 20.3 Å². The second-order valence-corrected chi connectivity index (χ2v) is 5.92. The third-order valence-corrected chi connectivity index (χ3v) is 4.55. The molecule has 0 aliphatic rings. The predicted molar refractivity (Wildman–Crippen MR) is 86.5 cm³/mol. The van der Waals surface area contributed by atoms with Crippen LogP contribution in [0.1, 0.15) is 37.4 Å². The Labute approximate surface area is 136 Å². The van der Waals surface area contributed by atoms with Crippen molar-refractivity contribution in [2.75, 3.05) is 0 Å². The van der Waals surface area contributed by atoms with E-state index in [2.05, 4.69) is 10.9 Å². The molecule has 23 heavy (non-hydrogen) atoms. The maximum absolute atomic E-state index is 12.0. The summed E-state index contributed by atoms with van der Waals surface area (Å²) in [5.41, 5.74) is 5.51. The highest BCUT2D eigenvalue weighted by atomic mass is 32.1. The van der Waals surface area contributed by atoms with Crippen molar-refractivity contribution < 1.29 is 14.5 Å². The molecule has 2 rings (SSSR count). The zero-order chi connectivity index (χ0) is 17.0. The van der Waals surface area contributed by atoms with Crippen LogP contribution in [0.15, 0.2) is 30.3 Å². The van der Waals surface area contributed by atoms with E-state index < -0.39 is 16.7 Å². The van der Waals surface area contributed by atoms with E-state index in [1.54, 1.807) is 6.07 Å². The Morgan fingerprint density at radius 3 is 2.52 bits per heavy atom. The van der Waals surface area contributed by atoms with Gasteiger partial charge in [0, 0.05) is 22.6 Å². The standard InChI is InChI=1S/C15H15N3O4S/c1-3-12-9(2)7-13(23-12)15(20)17-16-14(19)10-5-4-6-11(8-10)18(21)22/h4-8H,3H2,1-2H3,(H,16,19)(H,17,20). The molecule has 0 saturated carbocycles. The van der Waals surface area contributed by atoms with Crippen LogP contribution in [0.25, 0.3) is 0 Å². The van der Waals surface area contributed by atoms with Gasteiger partial charge in [0.25, 0.3) is 17.5 Å².